The Morgan fingerprint density at radius 3 is 1.54 bits per heavy atom. The van der Waals surface area contributed by atoms with E-state index in [9.17, 15) is 4.79 Å². The van der Waals surface area contributed by atoms with Crippen molar-refractivity contribution in [3.8, 4) is 11.5 Å². The number of hydrogen-bond donors (Lipinski definition) is 0. The maximum absolute atomic E-state index is 11.4. The monoisotopic (exact) mass is 544 g/mol. The summed E-state index contributed by atoms with van der Waals surface area (Å²) < 4.78 is 10.1. The van der Waals surface area contributed by atoms with Crippen molar-refractivity contribution in [2.75, 3.05) is 14.2 Å². The van der Waals surface area contributed by atoms with E-state index in [0.29, 0.717) is 5.41 Å². The molecule has 0 aromatic heterocycles. The third kappa shape index (κ3) is 15.9. The third-order valence-corrected chi connectivity index (χ3v) is 7.30. The molecule has 222 valence electrons. The van der Waals surface area contributed by atoms with Crippen molar-refractivity contribution in [1.82, 2.24) is 0 Å². The lowest BCUT2D eigenvalue weighted by Crippen LogP contribution is -2.26. The van der Waals surface area contributed by atoms with Gasteiger partial charge in [0.1, 0.15) is 30.9 Å². The second kappa shape index (κ2) is 24.1. The van der Waals surface area contributed by atoms with E-state index >= 15 is 0 Å². The normalized spacial score (nSPS) is 10.0. The highest BCUT2D eigenvalue weighted by molar-refractivity contribution is 5.87. The Kier molecular flexibility index (Phi) is 25.1. The van der Waals surface area contributed by atoms with Gasteiger partial charge in [0.15, 0.2) is 0 Å². The van der Waals surface area contributed by atoms with Gasteiger partial charge in [-0.3, -0.25) is 4.79 Å². The molecule has 5 nitrogen and oxygen atoms in total. The zero-order valence-corrected chi connectivity index (χ0v) is 26.5. The number of methoxy groups -OCH3 is 2. The highest BCUT2D eigenvalue weighted by Gasteiger charge is 2.26. The molecule has 0 spiro atoms. The predicted octanol–water partition coefficient (Wildman–Crippen LogP) is 8.84. The molecule has 2 aromatic carbocycles. The molecule has 0 aliphatic carbocycles. The summed E-state index contributed by atoms with van der Waals surface area (Å²) in [6.07, 6.45) is 9.37. The van der Waals surface area contributed by atoms with Gasteiger partial charge in [-0.1, -0.05) is 84.6 Å². The first-order valence-corrected chi connectivity index (χ1v) is 14.0. The molecule has 0 amide bonds. The predicted molar refractivity (Wildman–Crippen MR) is 166 cm³/mol. The highest BCUT2D eigenvalue weighted by Crippen LogP contribution is 2.36. The number of Topliss-reactive ketones (excluding diaryl/α,β-unsaturated/α-hetero) is 1. The maximum Gasteiger partial charge on any atom is 0.139 e. The number of ketones is 1. The van der Waals surface area contributed by atoms with Crippen molar-refractivity contribution in [2.24, 2.45) is 5.41 Å². The van der Waals surface area contributed by atoms with Crippen LogP contribution in [0.15, 0.2) is 48.5 Å². The lowest BCUT2D eigenvalue weighted by atomic mass is 9.75. The van der Waals surface area contributed by atoms with Gasteiger partial charge in [-0.05, 0) is 80.8 Å². The molecule has 0 fully saturated rings. The second-order valence-corrected chi connectivity index (χ2v) is 9.82. The number of ether oxygens (including phenoxy) is 2. The molecule has 5 heteroatoms. The fraction of sp³-hybridized carbons (Fsp3) is 0.559. The molecule has 0 atom stereocenters. The minimum atomic E-state index is -0.436. The SMILES string of the molecule is C=O.C=O.CCCC(CC)(CC)CCC.CCc1ccc(OC)cc1.COc1cccc(C(C)(C)C(C)=O)c1. The fourth-order valence-electron chi connectivity index (χ4n) is 4.22. The summed E-state index contributed by atoms with van der Waals surface area (Å²) in [6, 6.07) is 15.8. The smallest absolute Gasteiger partial charge is 0.139 e. The fourth-order valence-corrected chi connectivity index (χ4v) is 4.22. The summed E-state index contributed by atoms with van der Waals surface area (Å²) in [5, 5.41) is 0. The molecule has 0 unspecified atom stereocenters. The van der Waals surface area contributed by atoms with E-state index < -0.39 is 5.41 Å². The van der Waals surface area contributed by atoms with Crippen LogP contribution >= 0.6 is 0 Å². The second-order valence-electron chi connectivity index (χ2n) is 9.82. The van der Waals surface area contributed by atoms with E-state index in [0.717, 1.165) is 23.5 Å². The zero-order chi connectivity index (χ0) is 30.9. The van der Waals surface area contributed by atoms with Gasteiger partial charge in [0, 0.05) is 5.41 Å². The summed E-state index contributed by atoms with van der Waals surface area (Å²) in [5.74, 6) is 1.87. The number of carbonyl (C=O) groups is 3. The van der Waals surface area contributed by atoms with Gasteiger partial charge in [0.25, 0.3) is 0 Å². The van der Waals surface area contributed by atoms with Crippen LogP contribution in [0.5, 0.6) is 11.5 Å². The summed E-state index contributed by atoms with van der Waals surface area (Å²) >= 11 is 0. The van der Waals surface area contributed by atoms with Gasteiger partial charge < -0.3 is 19.1 Å². The van der Waals surface area contributed by atoms with Gasteiger partial charge in [0.05, 0.1) is 14.2 Å². The lowest BCUT2D eigenvalue weighted by molar-refractivity contribution is -0.121. The van der Waals surface area contributed by atoms with Crippen LogP contribution in [0.4, 0.5) is 0 Å². The number of rotatable bonds is 11. The molecule has 0 aliphatic rings. The van der Waals surface area contributed by atoms with E-state index in [1.54, 1.807) is 21.1 Å². The number of benzene rings is 2. The van der Waals surface area contributed by atoms with Gasteiger partial charge in [0.2, 0.25) is 0 Å². The first-order valence-electron chi connectivity index (χ1n) is 14.0. The summed E-state index contributed by atoms with van der Waals surface area (Å²) in [6.45, 7) is 20.9. The molecule has 0 saturated carbocycles. The minimum Gasteiger partial charge on any atom is -0.497 e. The van der Waals surface area contributed by atoms with E-state index in [1.807, 2.05) is 63.8 Å². The summed E-state index contributed by atoms with van der Waals surface area (Å²) in [4.78, 5) is 27.4. The first-order chi connectivity index (χ1) is 18.6. The molecular weight excluding hydrogens is 488 g/mol. The van der Waals surface area contributed by atoms with Crippen molar-refractivity contribution in [1.29, 1.82) is 0 Å². The van der Waals surface area contributed by atoms with Crippen LogP contribution in [0.2, 0.25) is 0 Å². The van der Waals surface area contributed by atoms with Gasteiger partial charge in [-0.15, -0.1) is 0 Å². The van der Waals surface area contributed by atoms with Crippen LogP contribution < -0.4 is 9.47 Å². The Balaban J connectivity index is -0.000000474. The molecular formula is C34H56O5. The van der Waals surface area contributed by atoms with Crippen molar-refractivity contribution in [3.05, 3.63) is 59.7 Å². The van der Waals surface area contributed by atoms with Crippen molar-refractivity contribution < 1.29 is 23.9 Å². The Bertz CT molecular complexity index is 821. The van der Waals surface area contributed by atoms with Crippen LogP contribution in [-0.4, -0.2) is 33.6 Å². The topological polar surface area (TPSA) is 69.7 Å². The number of aryl methyl sites for hydroxylation is 1. The molecule has 0 saturated heterocycles. The van der Waals surface area contributed by atoms with Crippen LogP contribution in [0.1, 0.15) is 105 Å². The zero-order valence-electron chi connectivity index (χ0n) is 26.5. The maximum atomic E-state index is 11.4. The minimum absolute atomic E-state index is 0.158. The number of hydrogen-bond acceptors (Lipinski definition) is 5. The molecule has 0 heterocycles. The van der Waals surface area contributed by atoms with Crippen LogP contribution in [0.3, 0.4) is 0 Å². The standard InChI is InChI=1S/C12H16O2.C11H24.C9H12O.2CH2O/c1-9(13)12(2,3)10-6-5-7-11(8-10)14-4;1-5-9-11(7-3,8-4)10-6-2;1-3-8-4-6-9(10-2)7-5-8;2*1-2/h5-8H,1-4H3;5-10H2,1-4H3;4-7H,3H2,1-2H3;2*1H2. The van der Waals surface area contributed by atoms with Crippen molar-refractivity contribution >= 4 is 19.4 Å². The highest BCUT2D eigenvalue weighted by atomic mass is 16.5. The number of carbonyl (C=O) groups excluding carboxylic acids is 3. The van der Waals surface area contributed by atoms with Gasteiger partial charge >= 0.3 is 0 Å². The molecule has 2 aromatic rings. The molecule has 2 rings (SSSR count). The Morgan fingerprint density at radius 1 is 0.744 bits per heavy atom. The van der Waals surface area contributed by atoms with E-state index in [-0.39, 0.29) is 5.78 Å². The Hall–Kier alpha value is -2.95. The lowest BCUT2D eigenvalue weighted by Gasteiger charge is -2.31. The molecule has 0 radical (unpaired) electrons. The first kappa shape index (κ1) is 40.5. The third-order valence-electron chi connectivity index (χ3n) is 7.30. The van der Waals surface area contributed by atoms with Crippen LogP contribution in [-0.2, 0) is 26.2 Å². The van der Waals surface area contributed by atoms with Gasteiger partial charge in [-0.25, -0.2) is 0 Å². The molecule has 0 aliphatic heterocycles. The quantitative estimate of drug-likeness (QED) is 0.283. The molecule has 0 N–H and O–H groups in total. The summed E-state index contributed by atoms with van der Waals surface area (Å²) in [5.41, 5.74) is 2.59. The molecule has 0 bridgehead atoms. The van der Waals surface area contributed by atoms with Crippen molar-refractivity contribution in [3.63, 3.8) is 0 Å². The Labute approximate surface area is 239 Å². The van der Waals surface area contributed by atoms with E-state index in [4.69, 9.17) is 19.1 Å². The largest absolute Gasteiger partial charge is 0.497 e. The van der Waals surface area contributed by atoms with E-state index in [1.165, 1.54) is 44.1 Å². The van der Waals surface area contributed by atoms with Gasteiger partial charge in [-0.2, -0.15) is 0 Å². The van der Waals surface area contributed by atoms with Crippen LogP contribution in [0, 0.1) is 5.41 Å². The average molecular weight is 545 g/mol. The Morgan fingerprint density at radius 2 is 1.21 bits per heavy atom. The average Bonchev–Trinajstić information content (AvgIpc) is 2.99. The molecule has 39 heavy (non-hydrogen) atoms. The summed E-state index contributed by atoms with van der Waals surface area (Å²) in [7, 11) is 3.31. The van der Waals surface area contributed by atoms with Crippen LogP contribution in [0.25, 0.3) is 0 Å². The van der Waals surface area contributed by atoms with E-state index in [2.05, 4.69) is 46.8 Å². The van der Waals surface area contributed by atoms with Crippen molar-refractivity contribution in [2.45, 2.75) is 106 Å².